The van der Waals surface area contributed by atoms with Crippen molar-refractivity contribution in [1.29, 1.82) is 0 Å². The Morgan fingerprint density at radius 1 is 1.21 bits per heavy atom. The van der Waals surface area contributed by atoms with Gasteiger partial charge in [-0.2, -0.15) is 0 Å². The molecule has 0 saturated carbocycles. The van der Waals surface area contributed by atoms with E-state index in [0.717, 1.165) is 16.0 Å². The fraction of sp³-hybridized carbons (Fsp3) is 0.231. The standard InChI is InChI=1S/C13H16N2O2S2/c1-9-3-5-11(6-4-9)15-19(16,17)13-7-10(2)12(8-14)18-13/h3-7,15H,8,14H2,1-2H3. The highest BCUT2D eigenvalue weighted by atomic mass is 32.2. The Morgan fingerprint density at radius 2 is 1.84 bits per heavy atom. The maximum Gasteiger partial charge on any atom is 0.271 e. The van der Waals surface area contributed by atoms with Crippen molar-refractivity contribution in [3.63, 3.8) is 0 Å². The third-order valence-electron chi connectivity index (χ3n) is 2.75. The average molecular weight is 296 g/mol. The normalized spacial score (nSPS) is 11.5. The Labute approximate surface area is 117 Å². The lowest BCUT2D eigenvalue weighted by Gasteiger charge is -2.06. The summed E-state index contributed by atoms with van der Waals surface area (Å²) < 4.78 is 27.3. The number of hydrogen-bond acceptors (Lipinski definition) is 4. The zero-order valence-electron chi connectivity index (χ0n) is 10.8. The summed E-state index contributed by atoms with van der Waals surface area (Å²) in [6, 6.07) is 8.88. The molecule has 0 spiro atoms. The number of thiophene rings is 1. The zero-order chi connectivity index (χ0) is 14.0. The predicted octanol–water partition coefficient (Wildman–Crippen LogP) is 2.62. The van der Waals surface area contributed by atoms with Crippen LogP contribution in [0.25, 0.3) is 0 Å². The summed E-state index contributed by atoms with van der Waals surface area (Å²) in [5.74, 6) is 0. The van der Waals surface area contributed by atoms with Crippen molar-refractivity contribution in [2.24, 2.45) is 5.73 Å². The number of anilines is 1. The summed E-state index contributed by atoms with van der Waals surface area (Å²) in [4.78, 5) is 0.893. The molecule has 0 unspecified atom stereocenters. The summed E-state index contributed by atoms with van der Waals surface area (Å²) >= 11 is 1.21. The van der Waals surface area contributed by atoms with Crippen LogP contribution in [0.4, 0.5) is 5.69 Å². The molecule has 0 fully saturated rings. The molecule has 0 bridgehead atoms. The van der Waals surface area contributed by atoms with Gasteiger partial charge in [0.05, 0.1) is 0 Å². The largest absolute Gasteiger partial charge is 0.326 e. The van der Waals surface area contributed by atoms with Crippen LogP contribution in [0.3, 0.4) is 0 Å². The molecule has 1 heterocycles. The molecule has 102 valence electrons. The molecule has 19 heavy (non-hydrogen) atoms. The van der Waals surface area contributed by atoms with Crippen molar-refractivity contribution in [2.45, 2.75) is 24.6 Å². The maximum atomic E-state index is 12.2. The fourth-order valence-corrected chi connectivity index (χ4v) is 4.18. The van der Waals surface area contributed by atoms with E-state index < -0.39 is 10.0 Å². The molecule has 0 aliphatic carbocycles. The Kier molecular flexibility index (Phi) is 3.93. The maximum absolute atomic E-state index is 12.2. The van der Waals surface area contributed by atoms with E-state index in [1.54, 1.807) is 18.2 Å². The summed E-state index contributed by atoms with van der Waals surface area (Å²) in [5.41, 5.74) is 8.13. The minimum atomic E-state index is -3.52. The van der Waals surface area contributed by atoms with Gasteiger partial charge in [0.2, 0.25) is 0 Å². The first-order valence-corrected chi connectivity index (χ1v) is 8.11. The molecule has 0 saturated heterocycles. The van der Waals surface area contributed by atoms with Crippen LogP contribution in [-0.2, 0) is 16.6 Å². The van der Waals surface area contributed by atoms with Gasteiger partial charge in [0.15, 0.2) is 0 Å². The van der Waals surface area contributed by atoms with Gasteiger partial charge in [-0.25, -0.2) is 8.42 Å². The second kappa shape index (κ2) is 5.32. The van der Waals surface area contributed by atoms with E-state index in [1.165, 1.54) is 11.3 Å². The third kappa shape index (κ3) is 3.15. The van der Waals surface area contributed by atoms with Gasteiger partial charge in [-0.05, 0) is 37.6 Å². The van der Waals surface area contributed by atoms with Gasteiger partial charge in [-0.1, -0.05) is 17.7 Å². The minimum Gasteiger partial charge on any atom is -0.326 e. The van der Waals surface area contributed by atoms with E-state index in [9.17, 15) is 8.42 Å². The Morgan fingerprint density at radius 3 is 2.37 bits per heavy atom. The van der Waals surface area contributed by atoms with Crippen LogP contribution in [0, 0.1) is 13.8 Å². The van der Waals surface area contributed by atoms with Crippen molar-refractivity contribution >= 4 is 27.0 Å². The lowest BCUT2D eigenvalue weighted by molar-refractivity contribution is 0.603. The van der Waals surface area contributed by atoms with Crippen molar-refractivity contribution in [2.75, 3.05) is 4.72 Å². The number of aryl methyl sites for hydroxylation is 2. The van der Waals surface area contributed by atoms with Crippen molar-refractivity contribution in [3.8, 4) is 0 Å². The predicted molar refractivity (Wildman–Crippen MR) is 78.9 cm³/mol. The summed E-state index contributed by atoms with van der Waals surface area (Å²) in [6.07, 6.45) is 0. The molecule has 1 aromatic carbocycles. The van der Waals surface area contributed by atoms with E-state index in [2.05, 4.69) is 4.72 Å². The number of rotatable bonds is 4. The number of sulfonamides is 1. The van der Waals surface area contributed by atoms with E-state index in [1.807, 2.05) is 26.0 Å². The van der Waals surface area contributed by atoms with Crippen molar-refractivity contribution in [3.05, 3.63) is 46.3 Å². The van der Waals surface area contributed by atoms with E-state index >= 15 is 0 Å². The molecule has 0 atom stereocenters. The van der Waals surface area contributed by atoms with E-state index in [-0.39, 0.29) is 0 Å². The second-order valence-electron chi connectivity index (χ2n) is 4.35. The highest BCUT2D eigenvalue weighted by Gasteiger charge is 2.18. The lowest BCUT2D eigenvalue weighted by atomic mass is 10.2. The quantitative estimate of drug-likeness (QED) is 0.911. The van der Waals surface area contributed by atoms with Crippen LogP contribution in [0.1, 0.15) is 16.0 Å². The van der Waals surface area contributed by atoms with Gasteiger partial charge in [-0.3, -0.25) is 4.72 Å². The van der Waals surface area contributed by atoms with Gasteiger partial charge in [0.1, 0.15) is 4.21 Å². The van der Waals surface area contributed by atoms with Crippen LogP contribution in [-0.4, -0.2) is 8.42 Å². The number of hydrogen-bond donors (Lipinski definition) is 2. The molecule has 0 amide bonds. The lowest BCUT2D eigenvalue weighted by Crippen LogP contribution is -2.11. The molecule has 2 rings (SSSR count). The first kappa shape index (κ1) is 14.0. The Balaban J connectivity index is 2.29. The summed E-state index contributed by atoms with van der Waals surface area (Å²) in [7, 11) is -3.52. The highest BCUT2D eigenvalue weighted by molar-refractivity contribution is 7.94. The molecule has 4 nitrogen and oxygen atoms in total. The van der Waals surface area contributed by atoms with Gasteiger partial charge in [0, 0.05) is 17.1 Å². The van der Waals surface area contributed by atoms with Crippen molar-refractivity contribution in [1.82, 2.24) is 0 Å². The van der Waals surface area contributed by atoms with Gasteiger partial charge in [-0.15, -0.1) is 11.3 Å². The van der Waals surface area contributed by atoms with Gasteiger partial charge in [0.25, 0.3) is 10.0 Å². The molecule has 2 aromatic rings. The molecule has 6 heteroatoms. The van der Waals surface area contributed by atoms with Crippen LogP contribution in [0.5, 0.6) is 0 Å². The summed E-state index contributed by atoms with van der Waals surface area (Å²) in [6.45, 7) is 4.18. The van der Waals surface area contributed by atoms with Crippen LogP contribution in [0.2, 0.25) is 0 Å². The van der Waals surface area contributed by atoms with Crippen LogP contribution in [0.15, 0.2) is 34.5 Å². The monoisotopic (exact) mass is 296 g/mol. The smallest absolute Gasteiger partial charge is 0.271 e. The SMILES string of the molecule is Cc1ccc(NS(=O)(=O)c2cc(C)c(CN)s2)cc1. The van der Waals surface area contributed by atoms with Gasteiger partial charge >= 0.3 is 0 Å². The topological polar surface area (TPSA) is 72.2 Å². The first-order valence-electron chi connectivity index (χ1n) is 5.81. The third-order valence-corrected chi connectivity index (χ3v) is 5.87. The zero-order valence-corrected chi connectivity index (χ0v) is 12.4. The number of nitrogens with two attached hydrogens (primary N) is 1. The molecule has 0 aliphatic rings. The molecule has 0 aliphatic heterocycles. The Hall–Kier alpha value is -1.37. The summed E-state index contributed by atoms with van der Waals surface area (Å²) in [5, 5.41) is 0. The highest BCUT2D eigenvalue weighted by Crippen LogP contribution is 2.27. The fourth-order valence-electron chi connectivity index (χ4n) is 1.65. The number of benzene rings is 1. The molecular formula is C13H16N2O2S2. The van der Waals surface area contributed by atoms with Crippen molar-refractivity contribution < 1.29 is 8.42 Å². The molecule has 3 N–H and O–H groups in total. The molecule has 0 radical (unpaired) electrons. The van der Waals surface area contributed by atoms with E-state index in [4.69, 9.17) is 5.73 Å². The van der Waals surface area contributed by atoms with Crippen LogP contribution >= 0.6 is 11.3 Å². The Bertz CT molecular complexity index is 673. The first-order chi connectivity index (χ1) is 8.92. The molecule has 1 aromatic heterocycles. The second-order valence-corrected chi connectivity index (χ2v) is 7.39. The van der Waals surface area contributed by atoms with Gasteiger partial charge < -0.3 is 5.73 Å². The minimum absolute atomic E-state index is 0.297. The van der Waals surface area contributed by atoms with E-state index in [0.29, 0.717) is 16.4 Å². The number of nitrogens with one attached hydrogen (secondary N) is 1. The molecular weight excluding hydrogens is 280 g/mol. The average Bonchev–Trinajstić information content (AvgIpc) is 2.74. The van der Waals surface area contributed by atoms with Crippen LogP contribution < -0.4 is 10.5 Å².